The summed E-state index contributed by atoms with van der Waals surface area (Å²) in [6, 6.07) is 17.8. The van der Waals surface area contributed by atoms with Crippen LogP contribution < -0.4 is 0 Å². The van der Waals surface area contributed by atoms with Crippen LogP contribution in [-0.4, -0.2) is 0 Å². The number of allylic oxidation sites excluding steroid dienone is 1. The fraction of sp³-hybridized carbons (Fsp3) is 0.200. The smallest absolute Gasteiger partial charge is 0.0308 e. The molecule has 1 aromatic heterocycles. The van der Waals surface area contributed by atoms with E-state index in [9.17, 15) is 0 Å². The van der Waals surface area contributed by atoms with Crippen LogP contribution in [0.15, 0.2) is 48.5 Å². The number of benzene rings is 2. The van der Waals surface area contributed by atoms with Crippen LogP contribution in [-0.2, 0) is 12.8 Å². The first kappa shape index (κ1) is 12.8. The predicted molar refractivity (Wildman–Crippen MR) is 93.8 cm³/mol. The van der Waals surface area contributed by atoms with E-state index in [1.807, 2.05) is 11.3 Å². The van der Waals surface area contributed by atoms with E-state index in [0.717, 1.165) is 6.42 Å². The van der Waals surface area contributed by atoms with E-state index >= 15 is 0 Å². The Morgan fingerprint density at radius 1 is 1.00 bits per heavy atom. The van der Waals surface area contributed by atoms with E-state index in [2.05, 4.69) is 61.5 Å². The fourth-order valence-corrected chi connectivity index (χ4v) is 4.31. The molecule has 0 nitrogen and oxygen atoms in total. The van der Waals surface area contributed by atoms with Gasteiger partial charge in [-0.2, -0.15) is 0 Å². The molecule has 104 valence electrons. The highest BCUT2D eigenvalue weighted by molar-refractivity contribution is 7.13. The molecule has 0 radical (unpaired) electrons. The SMILES string of the molecule is CCCc1ccc(C2=Cc3c(ccc4ccccc34)C2)s1. The first-order valence-electron chi connectivity index (χ1n) is 7.65. The lowest BCUT2D eigenvalue weighted by Gasteiger charge is -2.03. The van der Waals surface area contributed by atoms with Gasteiger partial charge in [0.1, 0.15) is 0 Å². The molecule has 0 atom stereocenters. The maximum absolute atomic E-state index is 2.40. The van der Waals surface area contributed by atoms with Crippen molar-refractivity contribution < 1.29 is 0 Å². The molecule has 0 spiro atoms. The van der Waals surface area contributed by atoms with Gasteiger partial charge in [-0.05, 0) is 58.5 Å². The Hall–Kier alpha value is -1.86. The third-order valence-electron chi connectivity index (χ3n) is 4.24. The molecule has 1 aliphatic carbocycles. The molecule has 0 N–H and O–H groups in total. The Morgan fingerprint density at radius 3 is 2.81 bits per heavy atom. The minimum absolute atomic E-state index is 1.08. The molecule has 0 saturated carbocycles. The predicted octanol–water partition coefficient (Wildman–Crippen LogP) is 5.95. The van der Waals surface area contributed by atoms with Crippen LogP contribution in [0.3, 0.4) is 0 Å². The maximum Gasteiger partial charge on any atom is 0.0308 e. The van der Waals surface area contributed by atoms with Gasteiger partial charge >= 0.3 is 0 Å². The molecule has 0 saturated heterocycles. The van der Waals surface area contributed by atoms with Gasteiger partial charge in [0.05, 0.1) is 0 Å². The minimum Gasteiger partial charge on any atom is -0.141 e. The maximum atomic E-state index is 2.40. The molecule has 21 heavy (non-hydrogen) atoms. The van der Waals surface area contributed by atoms with Crippen molar-refractivity contribution in [3.05, 3.63) is 69.4 Å². The molecule has 1 heteroatoms. The van der Waals surface area contributed by atoms with E-state index < -0.39 is 0 Å². The topological polar surface area (TPSA) is 0 Å². The second-order valence-corrected chi connectivity index (χ2v) is 6.89. The third-order valence-corrected chi connectivity index (χ3v) is 5.46. The summed E-state index contributed by atoms with van der Waals surface area (Å²) < 4.78 is 0. The molecule has 0 aliphatic heterocycles. The summed E-state index contributed by atoms with van der Waals surface area (Å²) in [5, 5.41) is 2.72. The van der Waals surface area contributed by atoms with Crippen molar-refractivity contribution in [1.82, 2.24) is 0 Å². The number of fused-ring (bicyclic) bond motifs is 3. The van der Waals surface area contributed by atoms with Gasteiger partial charge in [-0.15, -0.1) is 11.3 Å². The lowest BCUT2D eigenvalue weighted by Crippen LogP contribution is -1.84. The summed E-state index contributed by atoms with van der Waals surface area (Å²) in [5.74, 6) is 0. The highest BCUT2D eigenvalue weighted by Gasteiger charge is 2.17. The van der Waals surface area contributed by atoms with Crippen LogP contribution in [0, 0.1) is 0 Å². The molecule has 0 fully saturated rings. The van der Waals surface area contributed by atoms with E-state index in [-0.39, 0.29) is 0 Å². The van der Waals surface area contributed by atoms with Crippen LogP contribution in [0.1, 0.15) is 34.2 Å². The molecular formula is C20H18S. The Kier molecular flexibility index (Phi) is 3.16. The van der Waals surface area contributed by atoms with Crippen LogP contribution in [0.25, 0.3) is 22.4 Å². The third kappa shape index (κ3) is 2.22. The summed E-state index contributed by atoms with van der Waals surface area (Å²) in [4.78, 5) is 2.95. The van der Waals surface area contributed by atoms with E-state index in [0.29, 0.717) is 0 Å². The Morgan fingerprint density at radius 2 is 1.90 bits per heavy atom. The van der Waals surface area contributed by atoms with E-state index in [1.54, 1.807) is 0 Å². The van der Waals surface area contributed by atoms with Crippen LogP contribution in [0.2, 0.25) is 0 Å². The van der Waals surface area contributed by atoms with Crippen molar-refractivity contribution in [1.29, 1.82) is 0 Å². The van der Waals surface area contributed by atoms with E-state index in [1.165, 1.54) is 50.1 Å². The van der Waals surface area contributed by atoms with Crippen molar-refractivity contribution in [2.45, 2.75) is 26.2 Å². The quantitative estimate of drug-likeness (QED) is 0.559. The average Bonchev–Trinajstić information content (AvgIpc) is 3.13. The van der Waals surface area contributed by atoms with Gasteiger partial charge in [0.15, 0.2) is 0 Å². The first-order valence-corrected chi connectivity index (χ1v) is 8.47. The molecule has 2 aromatic carbocycles. The number of rotatable bonds is 3. The number of aryl methyl sites for hydroxylation is 1. The van der Waals surface area contributed by atoms with Gasteiger partial charge in [-0.3, -0.25) is 0 Å². The zero-order valence-electron chi connectivity index (χ0n) is 12.2. The largest absolute Gasteiger partial charge is 0.141 e. The molecule has 0 bridgehead atoms. The van der Waals surface area contributed by atoms with Crippen molar-refractivity contribution in [2.24, 2.45) is 0 Å². The van der Waals surface area contributed by atoms with Gasteiger partial charge in [0.25, 0.3) is 0 Å². The first-order chi connectivity index (χ1) is 10.3. The Balaban J connectivity index is 1.77. The van der Waals surface area contributed by atoms with E-state index in [4.69, 9.17) is 0 Å². The molecule has 0 amide bonds. The van der Waals surface area contributed by atoms with Gasteiger partial charge in [-0.25, -0.2) is 0 Å². The highest BCUT2D eigenvalue weighted by Crippen LogP contribution is 2.38. The summed E-state index contributed by atoms with van der Waals surface area (Å²) in [6.07, 6.45) is 5.91. The van der Waals surface area contributed by atoms with Crippen LogP contribution in [0.4, 0.5) is 0 Å². The lowest BCUT2D eigenvalue weighted by molar-refractivity contribution is 0.940. The average molecular weight is 290 g/mol. The molecule has 1 heterocycles. The van der Waals surface area contributed by atoms with Gasteiger partial charge in [0, 0.05) is 9.75 Å². The molecular weight excluding hydrogens is 272 g/mol. The summed E-state index contributed by atoms with van der Waals surface area (Å²) in [5.41, 5.74) is 4.37. The zero-order chi connectivity index (χ0) is 14.2. The lowest BCUT2D eigenvalue weighted by atomic mass is 10.0. The van der Waals surface area contributed by atoms with Crippen molar-refractivity contribution in [3.8, 4) is 0 Å². The minimum atomic E-state index is 1.08. The summed E-state index contributed by atoms with van der Waals surface area (Å²) in [7, 11) is 0. The fourth-order valence-electron chi connectivity index (χ4n) is 3.19. The molecule has 0 unspecified atom stereocenters. The standard InChI is InChI=1S/C20H18S/c1-2-5-17-10-11-20(21-17)16-12-15-9-8-14-6-3-4-7-18(14)19(15)13-16/h3-4,6-11,13H,2,5,12H2,1H3. The summed E-state index contributed by atoms with van der Waals surface area (Å²) in [6.45, 7) is 2.25. The van der Waals surface area contributed by atoms with Crippen molar-refractivity contribution >= 4 is 33.8 Å². The molecule has 4 rings (SSSR count). The molecule has 3 aromatic rings. The summed E-state index contributed by atoms with van der Waals surface area (Å²) >= 11 is 1.96. The number of hydrogen-bond donors (Lipinski definition) is 0. The normalized spacial score (nSPS) is 13.5. The van der Waals surface area contributed by atoms with Gasteiger partial charge < -0.3 is 0 Å². The van der Waals surface area contributed by atoms with Gasteiger partial charge in [-0.1, -0.05) is 49.7 Å². The zero-order valence-corrected chi connectivity index (χ0v) is 13.0. The van der Waals surface area contributed by atoms with Crippen molar-refractivity contribution in [2.75, 3.05) is 0 Å². The number of thiophene rings is 1. The molecule has 1 aliphatic rings. The Labute approximate surface area is 129 Å². The second-order valence-electron chi connectivity index (χ2n) is 5.72. The second kappa shape index (κ2) is 5.16. The van der Waals surface area contributed by atoms with Crippen LogP contribution >= 0.6 is 11.3 Å². The van der Waals surface area contributed by atoms with Gasteiger partial charge in [0.2, 0.25) is 0 Å². The van der Waals surface area contributed by atoms with Crippen LogP contribution in [0.5, 0.6) is 0 Å². The Bertz CT molecular complexity index is 836. The van der Waals surface area contributed by atoms with Crippen molar-refractivity contribution in [3.63, 3.8) is 0 Å². The number of hydrogen-bond acceptors (Lipinski definition) is 1. The monoisotopic (exact) mass is 290 g/mol. The highest BCUT2D eigenvalue weighted by atomic mass is 32.1.